The van der Waals surface area contributed by atoms with E-state index in [0.717, 1.165) is 11.4 Å². The van der Waals surface area contributed by atoms with Crippen LogP contribution < -0.4 is 5.69 Å². The largest absolute Gasteiger partial charge is 0.353 e. The van der Waals surface area contributed by atoms with Crippen LogP contribution in [-0.2, 0) is 16.0 Å². The highest BCUT2D eigenvalue weighted by Gasteiger charge is 2.10. The topological polar surface area (TPSA) is 53.4 Å². The summed E-state index contributed by atoms with van der Waals surface area (Å²) >= 11 is 0. The summed E-state index contributed by atoms with van der Waals surface area (Å²) in [5.41, 5.74) is 1.46. The maximum atomic E-state index is 11.8. The molecule has 0 atom stereocenters. The first kappa shape index (κ1) is 14.9. The summed E-state index contributed by atoms with van der Waals surface area (Å²) in [4.78, 5) is 15.7. The summed E-state index contributed by atoms with van der Waals surface area (Å²) in [6.45, 7) is 9.35. The lowest BCUT2D eigenvalue weighted by Crippen LogP contribution is -2.28. The van der Waals surface area contributed by atoms with Crippen LogP contribution in [0.25, 0.3) is 0 Å². The van der Waals surface area contributed by atoms with Crippen molar-refractivity contribution in [1.82, 2.24) is 9.55 Å². The van der Waals surface area contributed by atoms with Crippen molar-refractivity contribution in [1.29, 1.82) is 0 Å². The van der Waals surface area contributed by atoms with E-state index >= 15 is 0 Å². The number of nitrogens with zero attached hydrogens (tertiary/aromatic N) is 2. The van der Waals surface area contributed by atoms with Gasteiger partial charge in [-0.15, -0.1) is 0 Å². The fourth-order valence-electron chi connectivity index (χ4n) is 1.87. The molecule has 0 N–H and O–H groups in total. The van der Waals surface area contributed by atoms with E-state index in [0.29, 0.717) is 26.2 Å². The van der Waals surface area contributed by atoms with E-state index in [2.05, 4.69) is 4.98 Å². The summed E-state index contributed by atoms with van der Waals surface area (Å²) in [5.74, 6) is 0. The molecule has 1 rings (SSSR count). The van der Waals surface area contributed by atoms with Crippen molar-refractivity contribution in [2.45, 2.75) is 47.0 Å². The molecule has 102 valence electrons. The fourth-order valence-corrected chi connectivity index (χ4v) is 1.87. The zero-order valence-corrected chi connectivity index (χ0v) is 11.6. The van der Waals surface area contributed by atoms with Crippen molar-refractivity contribution in [3.05, 3.63) is 27.9 Å². The van der Waals surface area contributed by atoms with Crippen LogP contribution in [0.3, 0.4) is 0 Å². The predicted molar refractivity (Wildman–Crippen MR) is 69.6 cm³/mol. The monoisotopic (exact) mass is 254 g/mol. The second kappa shape index (κ2) is 7.28. The van der Waals surface area contributed by atoms with Crippen LogP contribution in [0.2, 0.25) is 0 Å². The van der Waals surface area contributed by atoms with E-state index in [1.807, 2.05) is 33.8 Å². The van der Waals surface area contributed by atoms with Gasteiger partial charge in [-0.2, -0.15) is 4.98 Å². The molecular weight excluding hydrogens is 232 g/mol. The van der Waals surface area contributed by atoms with Gasteiger partial charge in [0.2, 0.25) is 0 Å². The summed E-state index contributed by atoms with van der Waals surface area (Å²) in [5, 5.41) is 0. The van der Waals surface area contributed by atoms with Gasteiger partial charge in [-0.3, -0.25) is 4.57 Å². The first-order valence-corrected chi connectivity index (χ1v) is 6.36. The molecule has 0 radical (unpaired) electrons. The summed E-state index contributed by atoms with van der Waals surface area (Å²) in [7, 11) is 0. The number of rotatable bonds is 7. The molecule has 0 saturated heterocycles. The molecule has 0 saturated carbocycles. The lowest BCUT2D eigenvalue weighted by atomic mass is 10.3. The molecule has 18 heavy (non-hydrogen) atoms. The highest BCUT2D eigenvalue weighted by molar-refractivity contribution is 5.06. The van der Waals surface area contributed by atoms with Gasteiger partial charge in [-0.25, -0.2) is 4.79 Å². The third-order valence-corrected chi connectivity index (χ3v) is 2.64. The third kappa shape index (κ3) is 4.23. The quantitative estimate of drug-likeness (QED) is 0.694. The van der Waals surface area contributed by atoms with E-state index in [1.54, 1.807) is 4.57 Å². The molecule has 0 aliphatic heterocycles. The lowest BCUT2D eigenvalue weighted by Gasteiger charge is -2.18. The van der Waals surface area contributed by atoms with Gasteiger partial charge in [0.25, 0.3) is 0 Å². The number of hydrogen-bond donors (Lipinski definition) is 0. The first-order valence-electron chi connectivity index (χ1n) is 6.36. The minimum Gasteiger partial charge on any atom is -0.353 e. The average molecular weight is 254 g/mol. The van der Waals surface area contributed by atoms with E-state index in [9.17, 15) is 4.79 Å². The highest BCUT2D eigenvalue weighted by atomic mass is 16.7. The Balaban J connectivity index is 2.70. The van der Waals surface area contributed by atoms with Crippen LogP contribution in [0.5, 0.6) is 0 Å². The Kier molecular flexibility index (Phi) is 6.01. The molecule has 1 aromatic heterocycles. The van der Waals surface area contributed by atoms with Crippen LogP contribution in [0.1, 0.15) is 31.7 Å². The normalized spacial score (nSPS) is 11.2. The van der Waals surface area contributed by atoms with E-state index in [4.69, 9.17) is 9.47 Å². The molecule has 0 aromatic carbocycles. The van der Waals surface area contributed by atoms with Crippen molar-refractivity contribution in [3.63, 3.8) is 0 Å². The van der Waals surface area contributed by atoms with Gasteiger partial charge < -0.3 is 9.47 Å². The van der Waals surface area contributed by atoms with Gasteiger partial charge in [0.15, 0.2) is 6.29 Å². The summed E-state index contributed by atoms with van der Waals surface area (Å²) < 4.78 is 12.5. The summed E-state index contributed by atoms with van der Waals surface area (Å²) in [6, 6.07) is 1.90. The molecule has 5 heteroatoms. The van der Waals surface area contributed by atoms with Crippen molar-refractivity contribution < 1.29 is 9.47 Å². The Labute approximate surface area is 108 Å². The highest BCUT2D eigenvalue weighted by Crippen LogP contribution is 2.05. The van der Waals surface area contributed by atoms with Crippen LogP contribution >= 0.6 is 0 Å². The van der Waals surface area contributed by atoms with Gasteiger partial charge >= 0.3 is 5.69 Å². The number of ether oxygens (including phenoxy) is 2. The number of hydrogen-bond acceptors (Lipinski definition) is 4. The smallest absolute Gasteiger partial charge is 0.347 e. The van der Waals surface area contributed by atoms with Crippen molar-refractivity contribution in [2.75, 3.05) is 13.2 Å². The average Bonchev–Trinajstić information content (AvgIpc) is 2.28. The minimum atomic E-state index is -0.257. The molecule has 0 aliphatic rings. The maximum absolute atomic E-state index is 11.8. The molecule has 0 aliphatic carbocycles. The van der Waals surface area contributed by atoms with Gasteiger partial charge in [0.05, 0.1) is 0 Å². The lowest BCUT2D eigenvalue weighted by molar-refractivity contribution is -0.141. The summed E-state index contributed by atoms with van der Waals surface area (Å²) in [6.07, 6.45) is 0.389. The Morgan fingerprint density at radius 1 is 1.28 bits per heavy atom. The maximum Gasteiger partial charge on any atom is 0.347 e. The molecule has 0 unspecified atom stereocenters. The van der Waals surface area contributed by atoms with Crippen LogP contribution in [0.4, 0.5) is 0 Å². The zero-order valence-electron chi connectivity index (χ0n) is 11.6. The molecule has 5 nitrogen and oxygen atoms in total. The van der Waals surface area contributed by atoms with Crippen molar-refractivity contribution in [2.24, 2.45) is 0 Å². The molecule has 1 aromatic rings. The van der Waals surface area contributed by atoms with Gasteiger partial charge in [-0.1, -0.05) is 0 Å². The Bertz CT molecular complexity index is 423. The Hall–Kier alpha value is -1.20. The second-order valence-corrected chi connectivity index (χ2v) is 4.10. The second-order valence-electron chi connectivity index (χ2n) is 4.10. The fraction of sp³-hybridized carbons (Fsp3) is 0.692. The predicted octanol–water partition coefficient (Wildman–Crippen LogP) is 1.65. The standard InChI is InChI=1S/C13H22N2O3/c1-5-17-12(18-6-2)7-8-15-11(4)9-10(3)14-13(15)16/h9,12H,5-8H2,1-4H3. The van der Waals surface area contributed by atoms with Gasteiger partial charge in [-0.05, 0) is 33.8 Å². The third-order valence-electron chi connectivity index (χ3n) is 2.64. The van der Waals surface area contributed by atoms with Crippen LogP contribution in [-0.4, -0.2) is 29.1 Å². The van der Waals surface area contributed by atoms with E-state index in [1.165, 1.54) is 0 Å². The van der Waals surface area contributed by atoms with Gasteiger partial charge in [0, 0.05) is 37.6 Å². The number of aryl methyl sites for hydroxylation is 2. The molecule has 1 heterocycles. The van der Waals surface area contributed by atoms with Crippen molar-refractivity contribution >= 4 is 0 Å². The minimum absolute atomic E-state index is 0.209. The first-order chi connectivity index (χ1) is 8.58. The Morgan fingerprint density at radius 2 is 1.89 bits per heavy atom. The molecular formula is C13H22N2O3. The van der Waals surface area contributed by atoms with Crippen molar-refractivity contribution in [3.8, 4) is 0 Å². The molecule has 0 bridgehead atoms. The number of aromatic nitrogens is 2. The zero-order chi connectivity index (χ0) is 13.5. The van der Waals surface area contributed by atoms with Gasteiger partial charge in [0.1, 0.15) is 0 Å². The molecule has 0 fully saturated rings. The van der Waals surface area contributed by atoms with E-state index < -0.39 is 0 Å². The molecule has 0 spiro atoms. The molecule has 0 amide bonds. The SMILES string of the molecule is CCOC(CCn1c(C)cc(C)nc1=O)OCC. The van der Waals surface area contributed by atoms with E-state index in [-0.39, 0.29) is 12.0 Å². The van der Waals surface area contributed by atoms with Crippen LogP contribution in [0, 0.1) is 13.8 Å². The Morgan fingerprint density at radius 3 is 2.39 bits per heavy atom. The van der Waals surface area contributed by atoms with Crippen LogP contribution in [0.15, 0.2) is 10.9 Å².